The van der Waals surface area contributed by atoms with Gasteiger partial charge in [-0.3, -0.25) is 4.79 Å². The standard InChI is InChI=1S/C19H15ClF3NO3/c1-11-3-4-13(18(26)27-2)10-16(11)24-17(25)8-5-12-9-14(19(21,22)23)6-7-15(12)20/h3-10H,1-2H3,(H,24,25)/b8-5+. The average molecular weight is 398 g/mol. The first-order valence-electron chi connectivity index (χ1n) is 7.66. The maximum Gasteiger partial charge on any atom is 0.416 e. The first-order chi connectivity index (χ1) is 12.6. The molecule has 0 bridgehead atoms. The number of hydrogen-bond acceptors (Lipinski definition) is 3. The molecule has 2 aromatic rings. The zero-order valence-corrected chi connectivity index (χ0v) is 15.1. The molecular weight excluding hydrogens is 383 g/mol. The molecule has 2 rings (SSSR count). The van der Waals surface area contributed by atoms with E-state index >= 15 is 0 Å². The molecule has 0 aliphatic carbocycles. The van der Waals surface area contributed by atoms with Crippen molar-refractivity contribution in [1.29, 1.82) is 0 Å². The van der Waals surface area contributed by atoms with Crippen LogP contribution in [0.25, 0.3) is 6.08 Å². The fourth-order valence-electron chi connectivity index (χ4n) is 2.19. The third-order valence-corrected chi connectivity index (χ3v) is 4.00. The van der Waals surface area contributed by atoms with E-state index in [4.69, 9.17) is 11.6 Å². The fourth-order valence-corrected chi connectivity index (χ4v) is 2.37. The minimum atomic E-state index is -4.51. The monoisotopic (exact) mass is 397 g/mol. The van der Waals surface area contributed by atoms with Crippen LogP contribution in [0.1, 0.15) is 27.0 Å². The highest BCUT2D eigenvalue weighted by Gasteiger charge is 2.30. The van der Waals surface area contributed by atoms with Gasteiger partial charge in [0.25, 0.3) is 0 Å². The minimum Gasteiger partial charge on any atom is -0.465 e. The first kappa shape index (κ1) is 20.5. The summed E-state index contributed by atoms with van der Waals surface area (Å²) < 4.78 is 43.0. The van der Waals surface area contributed by atoms with E-state index in [0.29, 0.717) is 11.3 Å². The van der Waals surface area contributed by atoms with Gasteiger partial charge < -0.3 is 10.1 Å². The van der Waals surface area contributed by atoms with Crippen LogP contribution < -0.4 is 5.32 Å². The molecule has 142 valence electrons. The molecule has 4 nitrogen and oxygen atoms in total. The van der Waals surface area contributed by atoms with Crippen molar-refractivity contribution in [2.75, 3.05) is 12.4 Å². The van der Waals surface area contributed by atoms with E-state index in [0.717, 1.165) is 24.3 Å². The third kappa shape index (κ3) is 5.34. The van der Waals surface area contributed by atoms with Gasteiger partial charge in [0.05, 0.1) is 18.2 Å². The van der Waals surface area contributed by atoms with E-state index in [9.17, 15) is 22.8 Å². The largest absolute Gasteiger partial charge is 0.465 e. The highest BCUT2D eigenvalue weighted by Crippen LogP contribution is 2.32. The van der Waals surface area contributed by atoms with Gasteiger partial charge in [-0.1, -0.05) is 17.7 Å². The number of benzene rings is 2. The molecule has 8 heteroatoms. The lowest BCUT2D eigenvalue weighted by Gasteiger charge is -2.09. The van der Waals surface area contributed by atoms with Crippen molar-refractivity contribution in [3.63, 3.8) is 0 Å². The van der Waals surface area contributed by atoms with Gasteiger partial charge in [0.15, 0.2) is 0 Å². The van der Waals surface area contributed by atoms with Gasteiger partial charge in [0.2, 0.25) is 5.91 Å². The molecule has 0 saturated carbocycles. The van der Waals surface area contributed by atoms with Crippen LogP contribution in [0.5, 0.6) is 0 Å². The van der Waals surface area contributed by atoms with Crippen molar-refractivity contribution in [1.82, 2.24) is 0 Å². The second-order valence-electron chi connectivity index (χ2n) is 5.58. The van der Waals surface area contributed by atoms with Crippen LogP contribution in [0, 0.1) is 6.92 Å². The van der Waals surface area contributed by atoms with Crippen molar-refractivity contribution in [2.45, 2.75) is 13.1 Å². The van der Waals surface area contributed by atoms with Crippen LogP contribution in [-0.2, 0) is 15.7 Å². The Hall–Kier alpha value is -2.80. The highest BCUT2D eigenvalue weighted by atomic mass is 35.5. The van der Waals surface area contributed by atoms with E-state index in [1.807, 2.05) is 0 Å². The van der Waals surface area contributed by atoms with E-state index < -0.39 is 23.6 Å². The summed E-state index contributed by atoms with van der Waals surface area (Å²) in [7, 11) is 1.24. The lowest BCUT2D eigenvalue weighted by molar-refractivity contribution is -0.137. The van der Waals surface area contributed by atoms with Crippen molar-refractivity contribution in [3.8, 4) is 0 Å². The lowest BCUT2D eigenvalue weighted by atomic mass is 10.1. The molecule has 0 aromatic heterocycles. The number of carbonyl (C=O) groups excluding carboxylic acids is 2. The van der Waals surface area contributed by atoms with E-state index in [-0.39, 0.29) is 16.1 Å². The average Bonchev–Trinajstić information content (AvgIpc) is 2.61. The van der Waals surface area contributed by atoms with Gasteiger partial charge in [-0.05, 0) is 54.5 Å². The summed E-state index contributed by atoms with van der Waals surface area (Å²) in [5, 5.41) is 2.64. The lowest BCUT2D eigenvalue weighted by Crippen LogP contribution is -2.10. The molecule has 0 heterocycles. The van der Waals surface area contributed by atoms with Gasteiger partial charge in [-0.25, -0.2) is 4.79 Å². The number of ether oxygens (including phenoxy) is 1. The number of alkyl halides is 3. The van der Waals surface area contributed by atoms with E-state index in [2.05, 4.69) is 10.1 Å². The predicted molar refractivity (Wildman–Crippen MR) is 96.6 cm³/mol. The summed E-state index contributed by atoms with van der Waals surface area (Å²) in [4.78, 5) is 23.7. The fraction of sp³-hybridized carbons (Fsp3) is 0.158. The number of rotatable bonds is 4. The first-order valence-corrected chi connectivity index (χ1v) is 8.04. The highest BCUT2D eigenvalue weighted by molar-refractivity contribution is 6.32. The number of esters is 1. The molecule has 1 amide bonds. The Kier molecular flexibility index (Phi) is 6.28. The van der Waals surface area contributed by atoms with E-state index in [1.165, 1.54) is 19.3 Å². The number of nitrogens with one attached hydrogen (secondary N) is 1. The Balaban J connectivity index is 2.20. The molecule has 0 saturated heterocycles. The maximum absolute atomic E-state index is 12.8. The van der Waals surface area contributed by atoms with Crippen LogP contribution in [-0.4, -0.2) is 19.0 Å². The van der Waals surface area contributed by atoms with Crippen LogP contribution in [0.4, 0.5) is 18.9 Å². The molecule has 1 N–H and O–H groups in total. The molecule has 0 unspecified atom stereocenters. The number of halogens is 4. The Morgan fingerprint density at radius 3 is 2.48 bits per heavy atom. The molecule has 2 aromatic carbocycles. The van der Waals surface area contributed by atoms with Crippen LogP contribution in [0.2, 0.25) is 5.02 Å². The predicted octanol–water partition coefficient (Wildman–Crippen LogP) is 5.11. The molecule has 0 aliphatic heterocycles. The molecule has 0 atom stereocenters. The van der Waals surface area contributed by atoms with Crippen molar-refractivity contribution >= 4 is 35.2 Å². The van der Waals surface area contributed by atoms with Crippen LogP contribution in [0.3, 0.4) is 0 Å². The summed E-state index contributed by atoms with van der Waals surface area (Å²) in [6.45, 7) is 1.73. The molecular formula is C19H15ClF3NO3. The van der Waals surface area contributed by atoms with Gasteiger partial charge in [-0.2, -0.15) is 13.2 Å². The molecule has 27 heavy (non-hydrogen) atoms. The van der Waals surface area contributed by atoms with Crippen molar-refractivity contribution < 1.29 is 27.5 Å². The summed E-state index contributed by atoms with van der Waals surface area (Å²) in [6, 6.07) is 7.47. The second kappa shape index (κ2) is 8.26. The topological polar surface area (TPSA) is 55.4 Å². The summed E-state index contributed by atoms with van der Waals surface area (Å²) in [5.74, 6) is -1.15. The number of aryl methyl sites for hydroxylation is 1. The number of hydrogen-bond donors (Lipinski definition) is 1. The SMILES string of the molecule is COC(=O)c1ccc(C)c(NC(=O)/C=C/c2cc(C(F)(F)F)ccc2Cl)c1. The smallest absolute Gasteiger partial charge is 0.416 e. The van der Waals surface area contributed by atoms with Gasteiger partial charge >= 0.3 is 12.1 Å². The third-order valence-electron chi connectivity index (χ3n) is 3.65. The Bertz CT molecular complexity index is 908. The maximum atomic E-state index is 12.8. The molecule has 0 aliphatic rings. The van der Waals surface area contributed by atoms with Crippen molar-refractivity contribution in [2.24, 2.45) is 0 Å². The quantitative estimate of drug-likeness (QED) is 0.576. The summed E-state index contributed by atoms with van der Waals surface area (Å²) in [6.07, 6.45) is -2.26. The Morgan fingerprint density at radius 1 is 1.15 bits per heavy atom. The van der Waals surface area contributed by atoms with Gasteiger partial charge in [0.1, 0.15) is 0 Å². The summed E-state index contributed by atoms with van der Waals surface area (Å²) >= 11 is 5.89. The Morgan fingerprint density at radius 2 is 1.85 bits per heavy atom. The van der Waals surface area contributed by atoms with E-state index in [1.54, 1.807) is 19.1 Å². The van der Waals surface area contributed by atoms with Crippen LogP contribution >= 0.6 is 11.6 Å². The zero-order valence-electron chi connectivity index (χ0n) is 14.4. The number of methoxy groups -OCH3 is 1. The van der Waals surface area contributed by atoms with Gasteiger partial charge in [0, 0.05) is 16.8 Å². The molecule has 0 spiro atoms. The van der Waals surface area contributed by atoms with Crippen molar-refractivity contribution in [3.05, 3.63) is 69.8 Å². The van der Waals surface area contributed by atoms with Gasteiger partial charge in [-0.15, -0.1) is 0 Å². The Labute approximate surface area is 158 Å². The summed E-state index contributed by atoms with van der Waals surface area (Å²) in [5.41, 5.74) is 0.516. The van der Waals surface area contributed by atoms with Crippen LogP contribution in [0.15, 0.2) is 42.5 Å². The number of amides is 1. The molecule has 0 fully saturated rings. The molecule has 0 radical (unpaired) electrons. The number of carbonyl (C=O) groups is 2. The normalized spacial score (nSPS) is 11.5. The minimum absolute atomic E-state index is 0.0571. The second-order valence-corrected chi connectivity index (χ2v) is 5.99. The number of anilines is 1. The zero-order chi connectivity index (χ0) is 20.2.